The number of aliphatic carboxylic acids is 1. The Hall–Kier alpha value is -2.03. The number of rotatable bonds is 5. The third-order valence-electron chi connectivity index (χ3n) is 4.52. The van der Waals surface area contributed by atoms with E-state index in [0.717, 1.165) is 0 Å². The molecule has 1 fully saturated rings. The van der Waals surface area contributed by atoms with E-state index in [1.807, 2.05) is 0 Å². The van der Waals surface area contributed by atoms with Crippen molar-refractivity contribution in [2.75, 3.05) is 13.1 Å². The molecule has 1 saturated heterocycles. The minimum absolute atomic E-state index is 0.118. The normalized spacial score (nSPS) is 24.4. The number of halogens is 2. The quantitative estimate of drug-likeness (QED) is 0.846. The standard InChI is InChI=1S/C15H21F2N3O4/c1-3-5-15(13(23)24)8-19(6-4-11(15)21)12(22)10-7-9(2)20(18-10)14(16)17/h7,11,14,21H,3-6,8H2,1-2H3,(H,23,24)/t11-,15+/m0/s1. The Morgan fingerprint density at radius 2 is 2.17 bits per heavy atom. The number of likely N-dealkylation sites (tertiary alicyclic amines) is 1. The second-order valence-corrected chi connectivity index (χ2v) is 6.14. The van der Waals surface area contributed by atoms with Gasteiger partial charge in [0.05, 0.1) is 6.10 Å². The fraction of sp³-hybridized carbons (Fsp3) is 0.667. The van der Waals surface area contributed by atoms with Crippen molar-refractivity contribution >= 4 is 11.9 Å². The zero-order valence-electron chi connectivity index (χ0n) is 13.6. The summed E-state index contributed by atoms with van der Waals surface area (Å²) in [4.78, 5) is 25.5. The van der Waals surface area contributed by atoms with Crippen molar-refractivity contribution < 1.29 is 28.6 Å². The van der Waals surface area contributed by atoms with Gasteiger partial charge in [0.2, 0.25) is 0 Å². The summed E-state index contributed by atoms with van der Waals surface area (Å²) in [5.41, 5.74) is -1.45. The number of carbonyl (C=O) groups excluding carboxylic acids is 1. The molecule has 9 heteroatoms. The zero-order chi connectivity index (χ0) is 18.1. The number of aryl methyl sites for hydroxylation is 1. The molecule has 0 spiro atoms. The van der Waals surface area contributed by atoms with Crippen LogP contribution in [0.25, 0.3) is 0 Å². The zero-order valence-corrected chi connectivity index (χ0v) is 13.6. The number of aromatic nitrogens is 2. The number of piperidine rings is 1. The number of hydrogen-bond acceptors (Lipinski definition) is 4. The van der Waals surface area contributed by atoms with Gasteiger partial charge in [-0.3, -0.25) is 9.59 Å². The highest BCUT2D eigenvalue weighted by Crippen LogP contribution is 2.36. The van der Waals surface area contributed by atoms with Crippen LogP contribution in [0.1, 0.15) is 48.9 Å². The molecule has 0 unspecified atom stereocenters. The first-order valence-corrected chi connectivity index (χ1v) is 7.78. The average Bonchev–Trinajstić information content (AvgIpc) is 2.91. The molecule has 0 aliphatic carbocycles. The first-order chi connectivity index (χ1) is 11.2. The van der Waals surface area contributed by atoms with Crippen LogP contribution in [0.15, 0.2) is 6.07 Å². The van der Waals surface area contributed by atoms with E-state index in [1.165, 1.54) is 17.9 Å². The molecule has 0 saturated carbocycles. The second kappa shape index (κ2) is 6.84. The molecular formula is C15H21F2N3O4. The number of amides is 1. The molecule has 134 valence electrons. The van der Waals surface area contributed by atoms with Crippen LogP contribution >= 0.6 is 0 Å². The molecule has 2 heterocycles. The Bertz CT molecular complexity index is 634. The average molecular weight is 345 g/mol. The number of aliphatic hydroxyl groups excluding tert-OH is 1. The summed E-state index contributed by atoms with van der Waals surface area (Å²) in [6.45, 7) is 0.337. The fourth-order valence-corrected chi connectivity index (χ4v) is 3.21. The molecule has 24 heavy (non-hydrogen) atoms. The molecule has 1 aliphatic rings. The summed E-state index contributed by atoms with van der Waals surface area (Å²) < 4.78 is 26.0. The molecule has 2 atom stereocenters. The van der Waals surface area contributed by atoms with Gasteiger partial charge >= 0.3 is 12.5 Å². The third kappa shape index (κ3) is 3.12. The first kappa shape index (κ1) is 18.3. The van der Waals surface area contributed by atoms with Gasteiger partial charge in [0.1, 0.15) is 5.41 Å². The number of aliphatic hydroxyl groups is 1. The smallest absolute Gasteiger partial charge is 0.333 e. The molecular weight excluding hydrogens is 324 g/mol. The maximum Gasteiger partial charge on any atom is 0.333 e. The summed E-state index contributed by atoms with van der Waals surface area (Å²) in [5, 5.41) is 23.3. The molecule has 1 amide bonds. The van der Waals surface area contributed by atoms with Gasteiger partial charge in [-0.25, -0.2) is 4.68 Å². The molecule has 1 aromatic rings. The van der Waals surface area contributed by atoms with Crippen molar-refractivity contribution in [2.24, 2.45) is 5.41 Å². The van der Waals surface area contributed by atoms with Gasteiger partial charge in [-0.15, -0.1) is 0 Å². The Balaban J connectivity index is 2.27. The van der Waals surface area contributed by atoms with E-state index in [0.29, 0.717) is 11.1 Å². The van der Waals surface area contributed by atoms with Gasteiger partial charge in [-0.1, -0.05) is 13.3 Å². The molecule has 2 N–H and O–H groups in total. The van der Waals surface area contributed by atoms with Crippen LogP contribution in [-0.2, 0) is 4.79 Å². The summed E-state index contributed by atoms with van der Waals surface area (Å²) in [6, 6.07) is 1.25. The van der Waals surface area contributed by atoms with Crippen molar-refractivity contribution in [1.29, 1.82) is 0 Å². The topological polar surface area (TPSA) is 95.7 Å². The lowest BCUT2D eigenvalue weighted by molar-refractivity contribution is -0.162. The van der Waals surface area contributed by atoms with Crippen LogP contribution in [0.2, 0.25) is 0 Å². The number of carbonyl (C=O) groups is 2. The lowest BCUT2D eigenvalue weighted by Crippen LogP contribution is -2.57. The Labute approximate surface area is 137 Å². The van der Waals surface area contributed by atoms with Gasteiger partial charge in [0.25, 0.3) is 5.91 Å². The third-order valence-corrected chi connectivity index (χ3v) is 4.52. The van der Waals surface area contributed by atoms with Crippen molar-refractivity contribution in [3.63, 3.8) is 0 Å². The Morgan fingerprint density at radius 3 is 2.67 bits per heavy atom. The molecule has 0 bridgehead atoms. The highest BCUT2D eigenvalue weighted by molar-refractivity contribution is 5.93. The Kier molecular flexibility index (Phi) is 5.22. The molecule has 1 aromatic heterocycles. The minimum atomic E-state index is -2.85. The Morgan fingerprint density at radius 1 is 1.50 bits per heavy atom. The van der Waals surface area contributed by atoms with Crippen LogP contribution in [0.4, 0.5) is 8.78 Å². The van der Waals surface area contributed by atoms with E-state index in [-0.39, 0.29) is 37.3 Å². The maximum atomic E-state index is 12.8. The highest BCUT2D eigenvalue weighted by atomic mass is 19.3. The van der Waals surface area contributed by atoms with E-state index < -0.39 is 29.9 Å². The van der Waals surface area contributed by atoms with Gasteiger partial charge in [-0.05, 0) is 25.8 Å². The lowest BCUT2D eigenvalue weighted by atomic mass is 9.74. The van der Waals surface area contributed by atoms with Gasteiger partial charge in [0.15, 0.2) is 5.69 Å². The van der Waals surface area contributed by atoms with Crippen molar-refractivity contribution in [3.05, 3.63) is 17.5 Å². The van der Waals surface area contributed by atoms with Crippen LogP contribution in [0.3, 0.4) is 0 Å². The van der Waals surface area contributed by atoms with Crippen LogP contribution in [0.5, 0.6) is 0 Å². The van der Waals surface area contributed by atoms with E-state index in [4.69, 9.17) is 0 Å². The number of alkyl halides is 2. The van der Waals surface area contributed by atoms with Gasteiger partial charge in [0, 0.05) is 18.8 Å². The van der Waals surface area contributed by atoms with Crippen LogP contribution < -0.4 is 0 Å². The van der Waals surface area contributed by atoms with Crippen LogP contribution in [0, 0.1) is 12.3 Å². The largest absolute Gasteiger partial charge is 0.481 e. The van der Waals surface area contributed by atoms with E-state index in [9.17, 15) is 28.6 Å². The number of nitrogens with zero attached hydrogens (tertiary/aromatic N) is 3. The number of carboxylic acids is 1. The summed E-state index contributed by atoms with van der Waals surface area (Å²) in [6.07, 6.45) is -0.186. The minimum Gasteiger partial charge on any atom is -0.481 e. The lowest BCUT2D eigenvalue weighted by Gasteiger charge is -2.43. The molecule has 0 aromatic carbocycles. The SMILES string of the molecule is CCC[C@@]1(C(=O)O)CN(C(=O)c2cc(C)n(C(F)F)n2)CC[C@@H]1O. The molecule has 0 radical (unpaired) electrons. The molecule has 7 nitrogen and oxygen atoms in total. The van der Waals surface area contributed by atoms with Gasteiger partial charge < -0.3 is 15.1 Å². The van der Waals surface area contributed by atoms with E-state index in [2.05, 4.69) is 5.10 Å². The highest BCUT2D eigenvalue weighted by Gasteiger charge is 2.49. The second-order valence-electron chi connectivity index (χ2n) is 6.14. The fourth-order valence-electron chi connectivity index (χ4n) is 3.21. The predicted octanol–water partition coefficient (Wildman–Crippen LogP) is 1.66. The monoisotopic (exact) mass is 345 g/mol. The van der Waals surface area contributed by atoms with Crippen molar-refractivity contribution in [2.45, 2.75) is 45.8 Å². The summed E-state index contributed by atoms with van der Waals surface area (Å²) >= 11 is 0. The van der Waals surface area contributed by atoms with Crippen LogP contribution in [-0.4, -0.2) is 56.0 Å². The van der Waals surface area contributed by atoms with E-state index in [1.54, 1.807) is 6.92 Å². The summed E-state index contributed by atoms with van der Waals surface area (Å²) in [7, 11) is 0. The first-order valence-electron chi connectivity index (χ1n) is 7.78. The predicted molar refractivity (Wildman–Crippen MR) is 79.7 cm³/mol. The van der Waals surface area contributed by atoms with E-state index >= 15 is 0 Å². The molecule has 2 rings (SSSR count). The van der Waals surface area contributed by atoms with Gasteiger partial charge in [-0.2, -0.15) is 13.9 Å². The summed E-state index contributed by atoms with van der Waals surface area (Å²) in [5.74, 6) is -1.77. The maximum absolute atomic E-state index is 12.8. The van der Waals surface area contributed by atoms with Crippen molar-refractivity contribution in [3.8, 4) is 0 Å². The molecule has 1 aliphatic heterocycles. The number of hydrogen-bond donors (Lipinski definition) is 2. The number of carboxylic acid groups (broad SMARTS) is 1. The van der Waals surface area contributed by atoms with Crippen molar-refractivity contribution in [1.82, 2.24) is 14.7 Å².